The summed E-state index contributed by atoms with van der Waals surface area (Å²) in [5.74, 6) is 1.56. The third-order valence-corrected chi connectivity index (χ3v) is 12.6. The molecule has 0 spiro atoms. The Hall–Kier alpha value is -6.08. The Bertz CT molecular complexity index is 3000. The highest BCUT2D eigenvalue weighted by Crippen LogP contribution is 2.45. The fraction of sp³-hybridized carbons (Fsp3) is 0.0222. The molecule has 0 aliphatic carbocycles. The fourth-order valence-electron chi connectivity index (χ4n) is 7.64. The van der Waals surface area contributed by atoms with Crippen molar-refractivity contribution in [2.24, 2.45) is 9.98 Å². The Morgan fingerprint density at radius 1 is 0.451 bits per heavy atom. The van der Waals surface area contributed by atoms with E-state index in [4.69, 9.17) is 9.98 Å². The van der Waals surface area contributed by atoms with Gasteiger partial charge in [-0.15, -0.1) is 22.7 Å². The molecule has 51 heavy (non-hydrogen) atoms. The van der Waals surface area contributed by atoms with E-state index in [0.29, 0.717) is 0 Å². The number of amidine groups is 1. The van der Waals surface area contributed by atoms with Crippen LogP contribution in [-0.4, -0.2) is 16.4 Å². The number of benzene rings is 7. The standard InChI is InChI=1S/C45H28N4S2/c1-2-10-27(11-3-1)28-18-20-29(21-19-28)43-46-44(48-45(47-43)49-37-15-7-4-12-31(37)32-13-5-8-16-38(32)49)30-22-25-40-36(26-30)35-24-23-34-33-14-6-9-17-39(33)50-41(34)42(35)51-40/h1-26,44H,(H,46,47,48). The normalized spacial score (nSPS) is 14.9. The van der Waals surface area contributed by atoms with Gasteiger partial charge in [0, 0.05) is 47.3 Å². The van der Waals surface area contributed by atoms with Crippen molar-refractivity contribution in [3.05, 3.63) is 169 Å². The number of para-hydroxylation sites is 2. The average Bonchev–Trinajstić information content (AvgIpc) is 3.88. The van der Waals surface area contributed by atoms with Crippen LogP contribution >= 0.6 is 22.7 Å². The van der Waals surface area contributed by atoms with Gasteiger partial charge in [0.2, 0.25) is 5.96 Å². The smallest absolute Gasteiger partial charge is 0.211 e. The van der Waals surface area contributed by atoms with Gasteiger partial charge in [0.25, 0.3) is 0 Å². The third kappa shape index (κ3) is 4.50. The van der Waals surface area contributed by atoms with Gasteiger partial charge in [0.15, 0.2) is 6.17 Å². The molecular formula is C45H28N4S2. The number of hydrogen-bond donors (Lipinski definition) is 1. The van der Waals surface area contributed by atoms with Crippen LogP contribution in [0.25, 0.3) is 73.3 Å². The minimum absolute atomic E-state index is 0.433. The Labute approximate surface area is 301 Å². The van der Waals surface area contributed by atoms with Crippen LogP contribution in [0.1, 0.15) is 17.3 Å². The van der Waals surface area contributed by atoms with E-state index in [0.717, 1.165) is 34.0 Å². The van der Waals surface area contributed by atoms with Gasteiger partial charge in [-0.3, -0.25) is 4.57 Å². The van der Waals surface area contributed by atoms with E-state index in [1.807, 2.05) is 22.7 Å². The second-order valence-corrected chi connectivity index (χ2v) is 15.1. The molecule has 0 saturated heterocycles. The first-order valence-electron chi connectivity index (χ1n) is 17.1. The van der Waals surface area contributed by atoms with Gasteiger partial charge < -0.3 is 5.32 Å². The van der Waals surface area contributed by atoms with E-state index in [1.54, 1.807) is 0 Å². The molecule has 1 N–H and O–H groups in total. The summed E-state index contributed by atoms with van der Waals surface area (Å²) in [4.78, 5) is 10.7. The molecule has 0 bridgehead atoms. The monoisotopic (exact) mass is 688 g/mol. The minimum Gasteiger partial charge on any atom is -0.310 e. The summed E-state index contributed by atoms with van der Waals surface area (Å²) in [5.41, 5.74) is 6.66. The zero-order valence-electron chi connectivity index (χ0n) is 27.2. The lowest BCUT2D eigenvalue weighted by Crippen LogP contribution is -2.39. The SMILES string of the molecule is c1ccc(-c2ccc(C3=NC(c4ccc5sc6c(ccc7c8ccccc8sc76)c5c4)N=C(n4c5ccccc5c5ccccc54)N3)cc2)cc1. The molecule has 0 fully saturated rings. The van der Waals surface area contributed by atoms with Crippen LogP contribution < -0.4 is 5.32 Å². The van der Waals surface area contributed by atoms with E-state index in [-0.39, 0.29) is 0 Å². The highest BCUT2D eigenvalue weighted by molar-refractivity contribution is 7.33. The molecule has 1 aliphatic rings. The van der Waals surface area contributed by atoms with Crippen molar-refractivity contribution in [2.45, 2.75) is 6.17 Å². The summed E-state index contributed by atoms with van der Waals surface area (Å²) in [5, 5.41) is 11.3. The van der Waals surface area contributed by atoms with E-state index >= 15 is 0 Å². The van der Waals surface area contributed by atoms with Crippen LogP contribution in [0.3, 0.4) is 0 Å². The van der Waals surface area contributed by atoms with Crippen molar-refractivity contribution in [1.29, 1.82) is 0 Å². The number of thiophene rings is 2. The van der Waals surface area contributed by atoms with Gasteiger partial charge in [-0.2, -0.15) is 0 Å². The van der Waals surface area contributed by atoms with E-state index in [9.17, 15) is 0 Å². The summed E-state index contributed by atoms with van der Waals surface area (Å²) in [6.07, 6.45) is -0.433. The zero-order valence-corrected chi connectivity index (χ0v) is 28.9. The molecule has 240 valence electrons. The first-order chi connectivity index (χ1) is 25.3. The summed E-state index contributed by atoms with van der Waals surface area (Å²) < 4.78 is 7.58. The van der Waals surface area contributed by atoms with Gasteiger partial charge in [0.1, 0.15) is 5.84 Å². The number of nitrogens with one attached hydrogen (secondary N) is 1. The number of aromatic nitrogens is 1. The van der Waals surface area contributed by atoms with Crippen LogP contribution in [0.5, 0.6) is 0 Å². The summed E-state index contributed by atoms with van der Waals surface area (Å²) >= 11 is 3.77. The van der Waals surface area contributed by atoms with Gasteiger partial charge in [-0.25, -0.2) is 9.98 Å². The van der Waals surface area contributed by atoms with Crippen LogP contribution in [0, 0.1) is 0 Å². The average molecular weight is 689 g/mol. The van der Waals surface area contributed by atoms with E-state index in [2.05, 4.69) is 168 Å². The first kappa shape index (κ1) is 28.7. The molecule has 11 rings (SSSR count). The number of fused-ring (bicyclic) bond motifs is 10. The van der Waals surface area contributed by atoms with Crippen molar-refractivity contribution in [3.8, 4) is 11.1 Å². The minimum atomic E-state index is -0.433. The lowest BCUT2D eigenvalue weighted by molar-refractivity contribution is 0.746. The number of hydrogen-bond acceptors (Lipinski definition) is 5. The zero-order chi connectivity index (χ0) is 33.5. The number of nitrogens with zero attached hydrogens (tertiary/aromatic N) is 3. The lowest BCUT2D eigenvalue weighted by atomic mass is 10.0. The second-order valence-electron chi connectivity index (χ2n) is 13.0. The number of aliphatic imine (C=N–C) groups is 2. The van der Waals surface area contributed by atoms with Gasteiger partial charge in [0.05, 0.1) is 20.4 Å². The van der Waals surface area contributed by atoms with Crippen LogP contribution in [0.2, 0.25) is 0 Å². The predicted octanol–water partition coefficient (Wildman–Crippen LogP) is 12.2. The molecule has 1 atom stereocenters. The molecule has 4 nitrogen and oxygen atoms in total. The van der Waals surface area contributed by atoms with Crippen molar-refractivity contribution in [1.82, 2.24) is 9.88 Å². The molecule has 7 aromatic carbocycles. The lowest BCUT2D eigenvalue weighted by Gasteiger charge is -2.23. The van der Waals surface area contributed by atoms with Gasteiger partial charge in [-0.05, 0) is 47.0 Å². The van der Waals surface area contributed by atoms with E-state index in [1.165, 1.54) is 62.2 Å². The molecular weight excluding hydrogens is 661 g/mol. The first-order valence-corrected chi connectivity index (χ1v) is 18.7. The Morgan fingerprint density at radius 2 is 1.02 bits per heavy atom. The highest BCUT2D eigenvalue weighted by atomic mass is 32.1. The molecule has 0 saturated carbocycles. The second kappa shape index (κ2) is 11.2. The Balaban J connectivity index is 1.09. The van der Waals surface area contributed by atoms with Crippen LogP contribution in [0.15, 0.2) is 168 Å². The molecule has 10 aromatic rings. The van der Waals surface area contributed by atoms with Crippen molar-refractivity contribution < 1.29 is 0 Å². The maximum absolute atomic E-state index is 5.37. The molecule has 1 unspecified atom stereocenters. The maximum Gasteiger partial charge on any atom is 0.211 e. The quantitative estimate of drug-likeness (QED) is 0.197. The summed E-state index contributed by atoms with van der Waals surface area (Å²) in [7, 11) is 0. The third-order valence-electron chi connectivity index (χ3n) is 10.1. The van der Waals surface area contributed by atoms with E-state index < -0.39 is 6.17 Å². The predicted molar refractivity (Wildman–Crippen MR) is 219 cm³/mol. The molecule has 0 amide bonds. The molecule has 1 aliphatic heterocycles. The maximum atomic E-state index is 5.37. The summed E-state index contributed by atoms with van der Waals surface area (Å²) in [6.45, 7) is 0. The van der Waals surface area contributed by atoms with Crippen molar-refractivity contribution >= 4 is 96.6 Å². The van der Waals surface area contributed by atoms with Crippen molar-refractivity contribution in [3.63, 3.8) is 0 Å². The van der Waals surface area contributed by atoms with Crippen LogP contribution in [-0.2, 0) is 0 Å². The Kier molecular flexibility index (Phi) is 6.32. The van der Waals surface area contributed by atoms with Gasteiger partial charge in [-0.1, -0.05) is 127 Å². The largest absolute Gasteiger partial charge is 0.310 e. The topological polar surface area (TPSA) is 41.7 Å². The Morgan fingerprint density at radius 3 is 1.75 bits per heavy atom. The molecule has 4 heterocycles. The molecule has 0 radical (unpaired) electrons. The summed E-state index contributed by atoms with van der Waals surface area (Å²) in [6, 6.07) is 56.4. The highest BCUT2D eigenvalue weighted by Gasteiger charge is 2.24. The van der Waals surface area contributed by atoms with Gasteiger partial charge >= 0.3 is 0 Å². The van der Waals surface area contributed by atoms with Crippen LogP contribution in [0.4, 0.5) is 0 Å². The van der Waals surface area contributed by atoms with Crippen molar-refractivity contribution in [2.75, 3.05) is 0 Å². The molecule has 6 heteroatoms. The number of rotatable bonds is 3. The molecule has 3 aromatic heterocycles. The fourth-order valence-corrected chi connectivity index (χ4v) is 10.2.